The zero-order valence-electron chi connectivity index (χ0n) is 18.2. The van der Waals surface area contributed by atoms with Crippen LogP contribution in [0.2, 0.25) is 0 Å². The van der Waals surface area contributed by atoms with Gasteiger partial charge in [-0.1, -0.05) is 6.07 Å². The first-order chi connectivity index (χ1) is 14.6. The molecule has 1 unspecified atom stereocenters. The Balaban J connectivity index is 0.00000341. The third kappa shape index (κ3) is 6.88. The molecule has 170 valence electrons. The molecule has 0 aromatic heterocycles. The zero-order chi connectivity index (χ0) is 21.3. The van der Waals surface area contributed by atoms with Gasteiger partial charge in [0, 0.05) is 18.8 Å². The predicted octanol–water partition coefficient (Wildman–Crippen LogP) is 3.13. The summed E-state index contributed by atoms with van der Waals surface area (Å²) in [4.78, 5) is 6.97. The average Bonchev–Trinajstić information content (AvgIpc) is 2.80. The van der Waals surface area contributed by atoms with E-state index in [4.69, 9.17) is 24.7 Å². The molecule has 0 radical (unpaired) electrons. The van der Waals surface area contributed by atoms with E-state index in [1.54, 1.807) is 21.3 Å². The summed E-state index contributed by atoms with van der Waals surface area (Å²) in [5.74, 6) is 2.54. The molecule has 2 aromatic carbocycles. The molecule has 3 N–H and O–H groups in total. The number of hydrogen-bond donors (Lipinski definition) is 2. The highest BCUT2D eigenvalue weighted by molar-refractivity contribution is 14.0. The minimum Gasteiger partial charge on any atom is -0.497 e. The smallest absolute Gasteiger partial charge is 0.193 e. The van der Waals surface area contributed by atoms with E-state index < -0.39 is 0 Å². The number of halogens is 1. The van der Waals surface area contributed by atoms with Crippen LogP contribution >= 0.6 is 24.0 Å². The minimum atomic E-state index is 0. The molecule has 1 saturated heterocycles. The van der Waals surface area contributed by atoms with Gasteiger partial charge in [0.2, 0.25) is 0 Å². The molecule has 1 aliphatic rings. The van der Waals surface area contributed by atoms with E-state index in [1.807, 2.05) is 42.5 Å². The fourth-order valence-corrected chi connectivity index (χ4v) is 3.43. The van der Waals surface area contributed by atoms with Crippen LogP contribution in [0, 0.1) is 0 Å². The Morgan fingerprint density at radius 3 is 2.32 bits per heavy atom. The summed E-state index contributed by atoms with van der Waals surface area (Å²) in [6.45, 7) is 3.57. The lowest BCUT2D eigenvalue weighted by Gasteiger charge is -2.34. The Bertz CT molecular complexity index is 842. The largest absolute Gasteiger partial charge is 0.497 e. The SMILES string of the molecule is COc1ccc(NC(N)=NCC(c2ccc(OC)c(OC)c2)N2CCOCC2)cc1.I. The molecule has 0 spiro atoms. The van der Waals surface area contributed by atoms with Crippen LogP contribution in [0.5, 0.6) is 17.2 Å². The van der Waals surface area contributed by atoms with Gasteiger partial charge >= 0.3 is 0 Å². The number of anilines is 1. The van der Waals surface area contributed by atoms with Gasteiger partial charge in [0.1, 0.15) is 5.75 Å². The van der Waals surface area contributed by atoms with Crippen molar-refractivity contribution < 1.29 is 18.9 Å². The number of methoxy groups -OCH3 is 3. The summed E-state index contributed by atoms with van der Waals surface area (Å²) < 4.78 is 21.6. The number of rotatable bonds is 8. The molecule has 0 saturated carbocycles. The number of benzene rings is 2. The van der Waals surface area contributed by atoms with Crippen molar-refractivity contribution >= 4 is 35.6 Å². The summed E-state index contributed by atoms with van der Waals surface area (Å²) in [5, 5.41) is 3.13. The molecule has 0 amide bonds. The van der Waals surface area contributed by atoms with Gasteiger partial charge in [0.15, 0.2) is 17.5 Å². The van der Waals surface area contributed by atoms with E-state index in [1.165, 1.54) is 0 Å². The van der Waals surface area contributed by atoms with Crippen LogP contribution in [0.25, 0.3) is 0 Å². The van der Waals surface area contributed by atoms with Crippen LogP contribution < -0.4 is 25.3 Å². The lowest BCUT2D eigenvalue weighted by molar-refractivity contribution is 0.0179. The molecule has 1 heterocycles. The number of nitrogens with one attached hydrogen (secondary N) is 1. The number of nitrogens with zero attached hydrogens (tertiary/aromatic N) is 2. The molecule has 8 nitrogen and oxygen atoms in total. The number of nitrogens with two attached hydrogens (primary N) is 1. The molecular weight excluding hydrogens is 511 g/mol. The summed E-state index contributed by atoms with van der Waals surface area (Å²) in [5.41, 5.74) is 8.10. The second-order valence-electron chi connectivity index (χ2n) is 6.86. The van der Waals surface area contributed by atoms with Crippen LogP contribution in [0.1, 0.15) is 11.6 Å². The van der Waals surface area contributed by atoms with E-state index in [0.717, 1.165) is 30.1 Å². The first-order valence-corrected chi connectivity index (χ1v) is 9.89. The first-order valence-electron chi connectivity index (χ1n) is 9.89. The Morgan fingerprint density at radius 1 is 1.03 bits per heavy atom. The maximum atomic E-state index is 6.15. The Hall–Kier alpha value is -2.24. The van der Waals surface area contributed by atoms with Crippen molar-refractivity contribution in [3.63, 3.8) is 0 Å². The Kier molecular flexibility index (Phi) is 10.2. The van der Waals surface area contributed by atoms with Crippen LogP contribution in [0.3, 0.4) is 0 Å². The standard InChI is InChI=1S/C22H30N4O4.HI/c1-27-18-7-5-17(6-8-18)25-22(23)24-15-19(26-10-12-30-13-11-26)16-4-9-20(28-2)21(14-16)29-3;/h4-9,14,19H,10-13,15H2,1-3H3,(H3,23,24,25);1H. The fraction of sp³-hybridized carbons (Fsp3) is 0.409. The average molecular weight is 542 g/mol. The van der Waals surface area contributed by atoms with Crippen molar-refractivity contribution in [3.05, 3.63) is 48.0 Å². The quantitative estimate of drug-likeness (QED) is 0.301. The third-order valence-corrected chi connectivity index (χ3v) is 5.08. The van der Waals surface area contributed by atoms with Gasteiger partial charge in [-0.05, 0) is 42.0 Å². The molecule has 0 aliphatic carbocycles. The highest BCUT2D eigenvalue weighted by Gasteiger charge is 2.23. The van der Waals surface area contributed by atoms with Gasteiger partial charge in [0.05, 0.1) is 47.1 Å². The normalized spacial score (nSPS) is 15.5. The molecule has 0 bridgehead atoms. The van der Waals surface area contributed by atoms with Crippen molar-refractivity contribution in [1.82, 2.24) is 4.90 Å². The monoisotopic (exact) mass is 542 g/mol. The molecule has 31 heavy (non-hydrogen) atoms. The first kappa shape index (κ1) is 25.0. The molecule has 3 rings (SSSR count). The third-order valence-electron chi connectivity index (χ3n) is 5.08. The molecular formula is C22H31IN4O4. The zero-order valence-corrected chi connectivity index (χ0v) is 20.5. The fourth-order valence-electron chi connectivity index (χ4n) is 3.43. The Morgan fingerprint density at radius 2 is 1.71 bits per heavy atom. The highest BCUT2D eigenvalue weighted by Crippen LogP contribution is 2.32. The van der Waals surface area contributed by atoms with E-state index >= 15 is 0 Å². The van der Waals surface area contributed by atoms with Crippen molar-refractivity contribution in [1.29, 1.82) is 0 Å². The topological polar surface area (TPSA) is 90.6 Å². The van der Waals surface area contributed by atoms with Gasteiger partial charge < -0.3 is 30.0 Å². The number of morpholine rings is 1. The van der Waals surface area contributed by atoms with E-state index in [-0.39, 0.29) is 30.0 Å². The second-order valence-corrected chi connectivity index (χ2v) is 6.86. The van der Waals surface area contributed by atoms with Gasteiger partial charge in [-0.15, -0.1) is 24.0 Å². The number of guanidine groups is 1. The van der Waals surface area contributed by atoms with Gasteiger partial charge in [-0.2, -0.15) is 0 Å². The van der Waals surface area contributed by atoms with E-state index in [2.05, 4.69) is 15.2 Å². The summed E-state index contributed by atoms with van der Waals surface area (Å²) >= 11 is 0. The Labute approximate surface area is 200 Å². The maximum absolute atomic E-state index is 6.15. The molecule has 9 heteroatoms. The van der Waals surface area contributed by atoms with E-state index in [0.29, 0.717) is 37.2 Å². The number of aliphatic imine (C=N–C) groups is 1. The lowest BCUT2D eigenvalue weighted by atomic mass is 10.0. The van der Waals surface area contributed by atoms with Crippen molar-refractivity contribution in [3.8, 4) is 17.2 Å². The molecule has 1 fully saturated rings. The number of ether oxygens (including phenoxy) is 4. The predicted molar refractivity (Wildman–Crippen MR) is 133 cm³/mol. The summed E-state index contributed by atoms with van der Waals surface area (Å²) in [7, 11) is 4.91. The van der Waals surface area contributed by atoms with Crippen LogP contribution in [0.4, 0.5) is 5.69 Å². The highest BCUT2D eigenvalue weighted by atomic mass is 127. The van der Waals surface area contributed by atoms with Gasteiger partial charge in [-0.3, -0.25) is 9.89 Å². The van der Waals surface area contributed by atoms with Crippen LogP contribution in [0.15, 0.2) is 47.5 Å². The van der Waals surface area contributed by atoms with Crippen molar-refractivity contribution in [2.45, 2.75) is 6.04 Å². The molecule has 1 aliphatic heterocycles. The van der Waals surface area contributed by atoms with Crippen LogP contribution in [-0.2, 0) is 4.74 Å². The molecule has 2 aromatic rings. The van der Waals surface area contributed by atoms with E-state index in [9.17, 15) is 0 Å². The minimum absolute atomic E-state index is 0. The van der Waals surface area contributed by atoms with Crippen LogP contribution in [-0.4, -0.2) is 65.0 Å². The summed E-state index contributed by atoms with van der Waals surface area (Å²) in [6.07, 6.45) is 0. The summed E-state index contributed by atoms with van der Waals surface area (Å²) in [6, 6.07) is 13.6. The lowest BCUT2D eigenvalue weighted by Crippen LogP contribution is -2.40. The van der Waals surface area contributed by atoms with Gasteiger partial charge in [-0.25, -0.2) is 0 Å². The second kappa shape index (κ2) is 12.6. The number of hydrogen-bond acceptors (Lipinski definition) is 6. The molecule has 1 atom stereocenters. The van der Waals surface area contributed by atoms with Crippen molar-refractivity contribution in [2.75, 3.05) is 59.5 Å². The maximum Gasteiger partial charge on any atom is 0.193 e. The van der Waals surface area contributed by atoms with Gasteiger partial charge in [0.25, 0.3) is 0 Å². The van der Waals surface area contributed by atoms with Crippen molar-refractivity contribution in [2.24, 2.45) is 10.7 Å².